The predicted molar refractivity (Wildman–Crippen MR) is 73.3 cm³/mol. The van der Waals surface area contributed by atoms with E-state index in [1.54, 1.807) is 19.1 Å². The molecule has 0 unspecified atom stereocenters. The number of methoxy groups -OCH3 is 2. The zero-order valence-electron chi connectivity index (χ0n) is 12.2. The minimum atomic E-state index is -0.955. The largest absolute Gasteiger partial charge is 0.469 e. The van der Waals surface area contributed by atoms with E-state index in [1.807, 2.05) is 0 Å². The molecule has 7 heteroatoms. The number of hydrogen-bond donors (Lipinski definition) is 1. The SMILES string of the molecule is COC(=O)C[C@@H](C)[C@@H](NC(=O)c1ccccn1)C(=O)OC. The third-order valence-electron chi connectivity index (χ3n) is 2.92. The molecular formula is C14H18N2O5. The molecule has 114 valence electrons. The Labute approximate surface area is 122 Å². The molecule has 0 spiro atoms. The molecule has 1 aromatic rings. The zero-order valence-corrected chi connectivity index (χ0v) is 12.2. The molecule has 0 saturated heterocycles. The minimum absolute atomic E-state index is 0.0151. The topological polar surface area (TPSA) is 94.6 Å². The van der Waals surface area contributed by atoms with Gasteiger partial charge in [-0.15, -0.1) is 0 Å². The summed E-state index contributed by atoms with van der Waals surface area (Å²) in [6.45, 7) is 1.65. The second-order valence-corrected chi connectivity index (χ2v) is 4.45. The van der Waals surface area contributed by atoms with Crippen LogP contribution in [0.3, 0.4) is 0 Å². The van der Waals surface area contributed by atoms with Gasteiger partial charge in [-0.25, -0.2) is 4.79 Å². The molecule has 0 aliphatic rings. The van der Waals surface area contributed by atoms with Crippen molar-refractivity contribution in [1.29, 1.82) is 0 Å². The van der Waals surface area contributed by atoms with Crippen molar-refractivity contribution >= 4 is 17.8 Å². The van der Waals surface area contributed by atoms with Gasteiger partial charge in [0.25, 0.3) is 5.91 Å². The first-order chi connectivity index (χ1) is 9.99. The molecule has 0 saturated carbocycles. The van der Waals surface area contributed by atoms with Gasteiger partial charge in [0.15, 0.2) is 0 Å². The molecule has 0 fully saturated rings. The lowest BCUT2D eigenvalue weighted by molar-refractivity contribution is -0.146. The standard InChI is InChI=1S/C14H18N2O5/c1-9(8-11(17)20-2)12(14(19)21-3)16-13(18)10-6-4-5-7-15-10/h4-7,9,12H,8H2,1-3H3,(H,16,18)/t9-,12-/m1/s1. The second-order valence-electron chi connectivity index (χ2n) is 4.45. The molecule has 1 amide bonds. The fourth-order valence-electron chi connectivity index (χ4n) is 1.74. The molecule has 21 heavy (non-hydrogen) atoms. The minimum Gasteiger partial charge on any atom is -0.469 e. The summed E-state index contributed by atoms with van der Waals surface area (Å²) in [4.78, 5) is 39.0. The van der Waals surface area contributed by atoms with Gasteiger partial charge in [0.1, 0.15) is 11.7 Å². The number of carbonyl (C=O) groups excluding carboxylic acids is 3. The van der Waals surface area contributed by atoms with E-state index in [0.717, 1.165) is 0 Å². The van der Waals surface area contributed by atoms with Crippen LogP contribution in [0, 0.1) is 5.92 Å². The summed E-state index contributed by atoms with van der Waals surface area (Å²) in [6.07, 6.45) is 1.46. The van der Waals surface area contributed by atoms with Crippen molar-refractivity contribution in [3.8, 4) is 0 Å². The maximum atomic E-state index is 12.0. The Kier molecular flexibility index (Phi) is 6.32. The van der Waals surface area contributed by atoms with Crippen molar-refractivity contribution in [3.05, 3.63) is 30.1 Å². The van der Waals surface area contributed by atoms with Crippen molar-refractivity contribution in [3.63, 3.8) is 0 Å². The van der Waals surface area contributed by atoms with Gasteiger partial charge >= 0.3 is 11.9 Å². The van der Waals surface area contributed by atoms with Crippen LogP contribution in [0.25, 0.3) is 0 Å². The Hall–Kier alpha value is -2.44. The Balaban J connectivity index is 2.81. The van der Waals surface area contributed by atoms with Gasteiger partial charge in [0.05, 0.1) is 20.6 Å². The van der Waals surface area contributed by atoms with E-state index in [0.29, 0.717) is 0 Å². The van der Waals surface area contributed by atoms with Gasteiger partial charge in [0.2, 0.25) is 0 Å². The molecule has 2 atom stereocenters. The molecule has 7 nitrogen and oxygen atoms in total. The van der Waals surface area contributed by atoms with Gasteiger partial charge in [-0.05, 0) is 18.1 Å². The molecule has 0 radical (unpaired) electrons. The number of amides is 1. The average molecular weight is 294 g/mol. The van der Waals surface area contributed by atoms with Crippen molar-refractivity contribution in [2.24, 2.45) is 5.92 Å². The first kappa shape index (κ1) is 16.6. The van der Waals surface area contributed by atoms with E-state index in [9.17, 15) is 14.4 Å². The van der Waals surface area contributed by atoms with Crippen LogP contribution in [0.2, 0.25) is 0 Å². The Morgan fingerprint density at radius 3 is 2.48 bits per heavy atom. The lowest BCUT2D eigenvalue weighted by atomic mass is 9.98. The molecule has 1 aromatic heterocycles. The number of ether oxygens (including phenoxy) is 2. The smallest absolute Gasteiger partial charge is 0.328 e. The van der Waals surface area contributed by atoms with Gasteiger partial charge < -0.3 is 14.8 Å². The first-order valence-electron chi connectivity index (χ1n) is 6.36. The molecule has 1 N–H and O–H groups in total. The molecule has 1 rings (SSSR count). The van der Waals surface area contributed by atoms with Crippen LogP contribution < -0.4 is 5.32 Å². The van der Waals surface area contributed by atoms with E-state index < -0.39 is 29.8 Å². The molecule has 0 aromatic carbocycles. The predicted octanol–water partition coefficient (Wildman–Crippen LogP) is 0.552. The highest BCUT2D eigenvalue weighted by Gasteiger charge is 2.30. The van der Waals surface area contributed by atoms with Gasteiger partial charge in [0, 0.05) is 6.20 Å². The Morgan fingerprint density at radius 1 is 1.24 bits per heavy atom. The maximum absolute atomic E-state index is 12.0. The monoisotopic (exact) mass is 294 g/mol. The van der Waals surface area contributed by atoms with Crippen LogP contribution in [0.15, 0.2) is 24.4 Å². The lowest BCUT2D eigenvalue weighted by Crippen LogP contribution is -2.46. The van der Waals surface area contributed by atoms with Crippen LogP contribution in [0.1, 0.15) is 23.8 Å². The Morgan fingerprint density at radius 2 is 1.95 bits per heavy atom. The molecule has 0 bridgehead atoms. The van der Waals surface area contributed by atoms with Gasteiger partial charge in [-0.3, -0.25) is 14.6 Å². The second kappa shape index (κ2) is 7.98. The number of hydrogen-bond acceptors (Lipinski definition) is 6. The van der Waals surface area contributed by atoms with Crippen molar-refractivity contribution < 1.29 is 23.9 Å². The summed E-state index contributed by atoms with van der Waals surface area (Å²) in [5.74, 6) is -2.08. The summed E-state index contributed by atoms with van der Waals surface area (Å²) in [5, 5.41) is 2.53. The lowest BCUT2D eigenvalue weighted by Gasteiger charge is -2.21. The van der Waals surface area contributed by atoms with E-state index in [2.05, 4.69) is 19.8 Å². The van der Waals surface area contributed by atoms with Crippen LogP contribution in [-0.2, 0) is 19.1 Å². The number of esters is 2. The number of nitrogens with zero attached hydrogens (tertiary/aromatic N) is 1. The highest BCUT2D eigenvalue weighted by atomic mass is 16.5. The van der Waals surface area contributed by atoms with Crippen LogP contribution in [-0.4, -0.2) is 43.1 Å². The zero-order chi connectivity index (χ0) is 15.8. The summed E-state index contributed by atoms with van der Waals surface area (Å²) in [5.41, 5.74) is 0.177. The molecular weight excluding hydrogens is 276 g/mol. The highest BCUT2D eigenvalue weighted by molar-refractivity contribution is 5.95. The molecule has 0 aliphatic carbocycles. The van der Waals surface area contributed by atoms with Crippen molar-refractivity contribution in [2.45, 2.75) is 19.4 Å². The van der Waals surface area contributed by atoms with Crippen molar-refractivity contribution in [2.75, 3.05) is 14.2 Å². The summed E-state index contributed by atoms with van der Waals surface area (Å²) in [6, 6.07) is 3.90. The quantitative estimate of drug-likeness (QED) is 0.770. The van der Waals surface area contributed by atoms with Crippen molar-refractivity contribution in [1.82, 2.24) is 10.3 Å². The number of pyridine rings is 1. The molecule has 0 aliphatic heterocycles. The Bertz CT molecular complexity index is 503. The third-order valence-corrected chi connectivity index (χ3v) is 2.92. The van der Waals surface area contributed by atoms with E-state index in [1.165, 1.54) is 26.5 Å². The van der Waals surface area contributed by atoms with Crippen LogP contribution >= 0.6 is 0 Å². The highest BCUT2D eigenvalue weighted by Crippen LogP contribution is 2.11. The number of carbonyl (C=O) groups is 3. The average Bonchev–Trinajstić information content (AvgIpc) is 2.52. The fraction of sp³-hybridized carbons (Fsp3) is 0.429. The fourth-order valence-corrected chi connectivity index (χ4v) is 1.74. The molecule has 1 heterocycles. The summed E-state index contributed by atoms with van der Waals surface area (Å²) >= 11 is 0. The van der Waals surface area contributed by atoms with E-state index in [4.69, 9.17) is 0 Å². The van der Waals surface area contributed by atoms with Gasteiger partial charge in [-0.1, -0.05) is 13.0 Å². The number of rotatable bonds is 6. The van der Waals surface area contributed by atoms with E-state index >= 15 is 0 Å². The first-order valence-corrected chi connectivity index (χ1v) is 6.36. The number of nitrogens with one attached hydrogen (secondary N) is 1. The number of aromatic nitrogens is 1. The van der Waals surface area contributed by atoms with Gasteiger partial charge in [-0.2, -0.15) is 0 Å². The normalized spacial score (nSPS) is 12.9. The summed E-state index contributed by atoms with van der Waals surface area (Å²) < 4.78 is 9.22. The van der Waals surface area contributed by atoms with Crippen LogP contribution in [0.5, 0.6) is 0 Å². The van der Waals surface area contributed by atoms with Crippen LogP contribution in [0.4, 0.5) is 0 Å². The third kappa shape index (κ3) is 4.87. The summed E-state index contributed by atoms with van der Waals surface area (Å²) in [7, 11) is 2.47. The maximum Gasteiger partial charge on any atom is 0.328 e. The van der Waals surface area contributed by atoms with E-state index in [-0.39, 0.29) is 12.1 Å².